The van der Waals surface area contributed by atoms with Crippen molar-refractivity contribution in [3.63, 3.8) is 0 Å². The van der Waals surface area contributed by atoms with E-state index in [0.29, 0.717) is 12.4 Å². The molecule has 3 atom stereocenters. The van der Waals surface area contributed by atoms with Gasteiger partial charge in [-0.15, -0.1) is 0 Å². The Balaban J connectivity index is 1.44. The average molecular weight is 541 g/mol. The highest BCUT2D eigenvalue weighted by molar-refractivity contribution is 5.75. The van der Waals surface area contributed by atoms with Crippen LogP contribution < -0.4 is 21.3 Å². The van der Waals surface area contributed by atoms with Gasteiger partial charge in [0.2, 0.25) is 11.9 Å². The maximum Gasteiger partial charge on any atom is 0.423 e. The second kappa shape index (κ2) is 11.3. The maximum absolute atomic E-state index is 14.6. The number of aromatic amines is 1. The van der Waals surface area contributed by atoms with Crippen LogP contribution in [0.2, 0.25) is 0 Å². The number of hydrogen-bond donors (Lipinski definition) is 3. The summed E-state index contributed by atoms with van der Waals surface area (Å²) in [6.45, 7) is 1.12. The molecule has 0 spiro atoms. The zero-order valence-electron chi connectivity index (χ0n) is 19.2. The highest BCUT2D eigenvalue weighted by Crippen LogP contribution is 2.32. The van der Waals surface area contributed by atoms with Crippen LogP contribution in [0.4, 0.5) is 42.4 Å². The van der Waals surface area contributed by atoms with Crippen molar-refractivity contribution in [3.8, 4) is 0 Å². The van der Waals surface area contributed by atoms with E-state index in [0.717, 1.165) is 6.20 Å². The van der Waals surface area contributed by atoms with Gasteiger partial charge in [-0.3, -0.25) is 14.4 Å². The smallest absolute Gasteiger partial charge is 0.378 e. The van der Waals surface area contributed by atoms with Crippen molar-refractivity contribution in [3.05, 3.63) is 40.1 Å². The molecule has 3 heterocycles. The predicted molar refractivity (Wildman–Crippen MR) is 114 cm³/mol. The summed E-state index contributed by atoms with van der Waals surface area (Å²) in [7, 11) is 0. The van der Waals surface area contributed by atoms with E-state index >= 15 is 0 Å². The molecule has 10 nitrogen and oxygen atoms in total. The van der Waals surface area contributed by atoms with Crippen LogP contribution in [-0.4, -0.2) is 58.0 Å². The number of halogens is 7. The molecule has 3 rings (SSSR count). The molecule has 17 heteroatoms. The number of hydroxylamine groups is 1. The Morgan fingerprint density at radius 2 is 1.86 bits per heavy atom. The summed E-state index contributed by atoms with van der Waals surface area (Å²) in [5.41, 5.74) is -2.38. The van der Waals surface area contributed by atoms with Crippen LogP contribution in [0, 0.1) is 5.92 Å². The summed E-state index contributed by atoms with van der Waals surface area (Å²) in [6.07, 6.45) is -9.09. The van der Waals surface area contributed by atoms with Crippen LogP contribution in [0.3, 0.4) is 0 Å². The average Bonchev–Trinajstić information content (AvgIpc) is 2.79. The van der Waals surface area contributed by atoms with Crippen LogP contribution in [0.25, 0.3) is 0 Å². The number of H-pyrrole nitrogens is 1. The minimum absolute atomic E-state index is 0.0624. The minimum Gasteiger partial charge on any atom is -0.378 e. The van der Waals surface area contributed by atoms with E-state index in [2.05, 4.69) is 25.9 Å². The fraction of sp³-hybridized carbons (Fsp3) is 0.550. The van der Waals surface area contributed by atoms with E-state index in [1.165, 1.54) is 11.8 Å². The highest BCUT2D eigenvalue weighted by Gasteiger charge is 2.38. The first-order valence-corrected chi connectivity index (χ1v) is 10.9. The lowest BCUT2D eigenvalue weighted by Crippen LogP contribution is -2.44. The van der Waals surface area contributed by atoms with E-state index < -0.39 is 58.8 Å². The zero-order valence-corrected chi connectivity index (χ0v) is 19.2. The molecular formula is C20H22F7N7O3. The lowest BCUT2D eigenvalue weighted by Gasteiger charge is -2.34. The Morgan fingerprint density at radius 3 is 2.46 bits per heavy atom. The fourth-order valence-corrected chi connectivity index (χ4v) is 3.62. The molecule has 3 unspecified atom stereocenters. The number of carbonyl (C=O) groups is 1. The molecule has 1 aliphatic rings. The summed E-state index contributed by atoms with van der Waals surface area (Å²) < 4.78 is 91.8. The quantitative estimate of drug-likeness (QED) is 0.344. The lowest BCUT2D eigenvalue weighted by molar-refractivity contribution is -0.139. The number of piperidine rings is 1. The molecule has 3 N–H and O–H groups in total. The molecule has 0 aromatic carbocycles. The van der Waals surface area contributed by atoms with Crippen LogP contribution in [0.1, 0.15) is 30.9 Å². The van der Waals surface area contributed by atoms with Crippen molar-refractivity contribution in [2.45, 2.75) is 44.3 Å². The zero-order chi connectivity index (χ0) is 27.4. The first kappa shape index (κ1) is 28.1. The van der Waals surface area contributed by atoms with E-state index in [-0.39, 0.29) is 38.5 Å². The van der Waals surface area contributed by atoms with Gasteiger partial charge in [-0.2, -0.15) is 31.4 Å². The van der Waals surface area contributed by atoms with E-state index in [1.54, 1.807) is 5.10 Å². The van der Waals surface area contributed by atoms with Gasteiger partial charge in [0, 0.05) is 37.3 Å². The molecule has 0 radical (unpaired) electrons. The Morgan fingerprint density at radius 1 is 1.19 bits per heavy atom. The SMILES string of the molecule is CC(CONC(=O)CC1CCN(c2ncc(C(F)(F)F)cn2)CC1F)Nc1cn[nH]c(=O)c1C(F)(F)F. The number of aromatic nitrogens is 4. The molecular weight excluding hydrogens is 519 g/mol. The van der Waals surface area contributed by atoms with Gasteiger partial charge in [0.15, 0.2) is 0 Å². The highest BCUT2D eigenvalue weighted by atomic mass is 19.4. The van der Waals surface area contributed by atoms with Crippen molar-refractivity contribution in [1.29, 1.82) is 0 Å². The Labute approximate surface area is 204 Å². The fourth-order valence-electron chi connectivity index (χ4n) is 3.62. The molecule has 2 aromatic rings. The minimum atomic E-state index is -4.93. The second-order valence-corrected chi connectivity index (χ2v) is 8.35. The summed E-state index contributed by atoms with van der Waals surface area (Å²) in [5.74, 6) is -1.44. The van der Waals surface area contributed by atoms with E-state index in [9.17, 15) is 40.3 Å². The molecule has 0 saturated carbocycles. The van der Waals surface area contributed by atoms with Gasteiger partial charge >= 0.3 is 12.4 Å². The number of nitrogens with zero attached hydrogens (tertiary/aromatic N) is 4. The van der Waals surface area contributed by atoms with Crippen molar-refractivity contribution in [2.24, 2.45) is 5.92 Å². The summed E-state index contributed by atoms with van der Waals surface area (Å²) >= 11 is 0. The van der Waals surface area contributed by atoms with Gasteiger partial charge in [-0.25, -0.2) is 24.9 Å². The van der Waals surface area contributed by atoms with Gasteiger partial charge in [-0.05, 0) is 13.3 Å². The largest absolute Gasteiger partial charge is 0.423 e. The van der Waals surface area contributed by atoms with Crippen molar-refractivity contribution >= 4 is 17.5 Å². The molecule has 1 fully saturated rings. The summed E-state index contributed by atoms with van der Waals surface area (Å²) in [5, 5.41) is 7.47. The molecule has 1 aliphatic heterocycles. The Kier molecular flexibility index (Phi) is 8.55. The Hall–Kier alpha value is -3.50. The Bertz CT molecular complexity index is 1130. The van der Waals surface area contributed by atoms with E-state index in [1.807, 2.05) is 0 Å². The standard InChI is InChI=1S/C20H22F7N7O3/c1-10(31-14-7-30-32-17(36)16(14)20(25,26)27)9-37-33-15(35)4-11-2-3-34(8-13(11)21)18-28-5-12(6-29-18)19(22,23)24/h5-7,10-11,13H,2-4,8-9H2,1H3,(H,33,35)(H2,31,32,36). The summed E-state index contributed by atoms with van der Waals surface area (Å²) in [4.78, 5) is 37.3. The molecule has 2 aromatic heterocycles. The molecule has 1 amide bonds. The number of carbonyl (C=O) groups excluding carboxylic acids is 1. The first-order chi connectivity index (χ1) is 17.3. The van der Waals surface area contributed by atoms with Gasteiger partial charge in [0.25, 0.3) is 5.56 Å². The topological polar surface area (TPSA) is 125 Å². The third-order valence-corrected chi connectivity index (χ3v) is 5.43. The van der Waals surface area contributed by atoms with Crippen LogP contribution in [0.5, 0.6) is 0 Å². The summed E-state index contributed by atoms with van der Waals surface area (Å²) in [6, 6.07) is -0.786. The monoisotopic (exact) mass is 541 g/mol. The molecule has 37 heavy (non-hydrogen) atoms. The second-order valence-electron chi connectivity index (χ2n) is 8.35. The predicted octanol–water partition coefficient (Wildman–Crippen LogP) is 2.70. The number of hydrogen-bond acceptors (Lipinski definition) is 8. The van der Waals surface area contributed by atoms with Gasteiger partial charge < -0.3 is 10.2 Å². The molecule has 1 saturated heterocycles. The molecule has 204 valence electrons. The van der Waals surface area contributed by atoms with Crippen LogP contribution >= 0.6 is 0 Å². The van der Waals surface area contributed by atoms with Gasteiger partial charge in [0.05, 0.1) is 30.6 Å². The first-order valence-electron chi connectivity index (χ1n) is 10.9. The normalized spacial score (nSPS) is 19.4. The lowest BCUT2D eigenvalue weighted by atomic mass is 9.91. The van der Waals surface area contributed by atoms with Gasteiger partial charge in [0.1, 0.15) is 11.7 Å². The molecule has 0 aliphatic carbocycles. The number of alkyl halides is 7. The maximum atomic E-state index is 14.6. The molecule has 0 bridgehead atoms. The van der Waals surface area contributed by atoms with Crippen molar-refractivity contribution in [1.82, 2.24) is 25.6 Å². The van der Waals surface area contributed by atoms with Crippen molar-refractivity contribution < 1.29 is 40.4 Å². The van der Waals surface area contributed by atoms with Crippen molar-refractivity contribution in [2.75, 3.05) is 29.9 Å². The van der Waals surface area contributed by atoms with Crippen LogP contribution in [0.15, 0.2) is 23.4 Å². The van der Waals surface area contributed by atoms with Crippen LogP contribution in [-0.2, 0) is 22.0 Å². The van der Waals surface area contributed by atoms with Gasteiger partial charge in [-0.1, -0.05) is 0 Å². The number of rotatable bonds is 8. The number of amides is 1. The third kappa shape index (κ3) is 7.50. The van der Waals surface area contributed by atoms with E-state index in [4.69, 9.17) is 4.84 Å². The third-order valence-electron chi connectivity index (χ3n) is 5.43. The number of anilines is 2. The number of nitrogens with one attached hydrogen (secondary N) is 3.